The summed E-state index contributed by atoms with van der Waals surface area (Å²) in [5, 5.41) is -0.199. The molecule has 1 unspecified atom stereocenters. The number of carbonyl (C=O) groups excluding carboxylic acids is 1. The van der Waals surface area contributed by atoms with Gasteiger partial charge >= 0.3 is 0 Å². The van der Waals surface area contributed by atoms with Crippen LogP contribution in [0.1, 0.15) is 22.0 Å². The molecular formula is C14H13N3O3S. The summed E-state index contributed by atoms with van der Waals surface area (Å²) in [6, 6.07) is 11.5. The molecule has 6 nitrogen and oxygen atoms in total. The number of sulfonamides is 1. The van der Waals surface area contributed by atoms with Crippen molar-refractivity contribution in [3.63, 3.8) is 0 Å². The van der Waals surface area contributed by atoms with Gasteiger partial charge in [-0.05, 0) is 17.7 Å². The van der Waals surface area contributed by atoms with Gasteiger partial charge in [0.1, 0.15) is 0 Å². The maximum Gasteiger partial charge on any atom is 0.285 e. The third-order valence-electron chi connectivity index (χ3n) is 3.35. The van der Waals surface area contributed by atoms with Crippen molar-refractivity contribution in [1.29, 1.82) is 0 Å². The Morgan fingerprint density at radius 2 is 1.86 bits per heavy atom. The summed E-state index contributed by atoms with van der Waals surface area (Å²) in [5.74, 6) is -0.579. The van der Waals surface area contributed by atoms with Crippen LogP contribution in [0.2, 0.25) is 0 Å². The molecule has 0 bridgehead atoms. The zero-order valence-electron chi connectivity index (χ0n) is 11.0. The van der Waals surface area contributed by atoms with Crippen molar-refractivity contribution < 1.29 is 13.2 Å². The number of pyridine rings is 1. The molecule has 1 aromatic carbocycles. The molecule has 1 aromatic heterocycles. The number of aromatic nitrogens is 1. The van der Waals surface area contributed by atoms with Gasteiger partial charge in [0.2, 0.25) is 0 Å². The quantitative estimate of drug-likeness (QED) is 0.910. The Hall–Kier alpha value is -2.25. The average molecular weight is 303 g/mol. The van der Waals surface area contributed by atoms with Gasteiger partial charge in [-0.15, -0.1) is 0 Å². The van der Waals surface area contributed by atoms with Gasteiger partial charge in [-0.2, -0.15) is 8.42 Å². The van der Waals surface area contributed by atoms with Crippen LogP contribution in [0.25, 0.3) is 0 Å². The normalized spacial score (nSPS) is 17.6. The van der Waals surface area contributed by atoms with Gasteiger partial charge in [0.15, 0.2) is 5.03 Å². The molecule has 108 valence electrons. The maximum absolute atomic E-state index is 12.3. The molecule has 0 spiro atoms. The molecule has 1 aliphatic rings. The molecule has 0 radical (unpaired) electrons. The first-order valence-corrected chi connectivity index (χ1v) is 7.78. The van der Waals surface area contributed by atoms with Gasteiger partial charge in [-0.25, -0.2) is 9.29 Å². The zero-order valence-corrected chi connectivity index (χ0v) is 11.8. The molecular weight excluding hydrogens is 290 g/mol. The highest BCUT2D eigenvalue weighted by Crippen LogP contribution is 2.29. The van der Waals surface area contributed by atoms with Gasteiger partial charge in [-0.1, -0.05) is 30.3 Å². The Morgan fingerprint density at radius 1 is 1.14 bits per heavy atom. The first-order chi connectivity index (χ1) is 10.0. The molecule has 1 atom stereocenters. The Balaban J connectivity index is 1.93. The van der Waals surface area contributed by atoms with E-state index in [9.17, 15) is 13.2 Å². The SMILES string of the molecule is NC(CN1C(=O)c2cccnc2S1(=O)=O)c1ccccc1. The van der Waals surface area contributed by atoms with E-state index in [-0.39, 0.29) is 17.1 Å². The summed E-state index contributed by atoms with van der Waals surface area (Å²) in [7, 11) is -3.91. The lowest BCUT2D eigenvalue weighted by atomic mass is 10.1. The number of hydrogen-bond acceptors (Lipinski definition) is 5. The monoisotopic (exact) mass is 303 g/mol. The minimum Gasteiger partial charge on any atom is -0.322 e. The highest BCUT2D eigenvalue weighted by atomic mass is 32.2. The summed E-state index contributed by atoms with van der Waals surface area (Å²) in [5.41, 5.74) is 6.88. The first kappa shape index (κ1) is 13.7. The number of rotatable bonds is 3. The van der Waals surface area contributed by atoms with E-state index in [0.29, 0.717) is 0 Å². The van der Waals surface area contributed by atoms with Crippen LogP contribution in [0.5, 0.6) is 0 Å². The summed E-state index contributed by atoms with van der Waals surface area (Å²) < 4.78 is 25.5. The smallest absolute Gasteiger partial charge is 0.285 e. The third-order valence-corrected chi connectivity index (χ3v) is 5.06. The summed E-state index contributed by atoms with van der Waals surface area (Å²) in [6.45, 7) is -0.110. The Labute approximate surface area is 122 Å². The molecule has 0 saturated heterocycles. The minimum absolute atomic E-state index is 0.0951. The van der Waals surface area contributed by atoms with E-state index in [0.717, 1.165) is 9.87 Å². The third kappa shape index (κ3) is 2.20. The second-order valence-corrected chi connectivity index (χ2v) is 6.49. The van der Waals surface area contributed by atoms with Crippen LogP contribution in [-0.4, -0.2) is 30.2 Å². The fraction of sp³-hybridized carbons (Fsp3) is 0.143. The van der Waals surface area contributed by atoms with E-state index < -0.39 is 22.0 Å². The van der Waals surface area contributed by atoms with Gasteiger partial charge in [-0.3, -0.25) is 4.79 Å². The molecule has 3 rings (SSSR count). The van der Waals surface area contributed by atoms with Crippen molar-refractivity contribution in [2.45, 2.75) is 11.1 Å². The van der Waals surface area contributed by atoms with E-state index in [1.165, 1.54) is 18.3 Å². The van der Waals surface area contributed by atoms with E-state index >= 15 is 0 Å². The van der Waals surface area contributed by atoms with Crippen LogP contribution in [-0.2, 0) is 10.0 Å². The highest BCUT2D eigenvalue weighted by molar-refractivity contribution is 7.90. The van der Waals surface area contributed by atoms with Crippen LogP contribution in [0.4, 0.5) is 0 Å². The lowest BCUT2D eigenvalue weighted by molar-refractivity contribution is 0.0865. The summed E-state index contributed by atoms with van der Waals surface area (Å²) >= 11 is 0. The number of fused-ring (bicyclic) bond motifs is 1. The molecule has 2 aromatic rings. The highest BCUT2D eigenvalue weighted by Gasteiger charge is 2.42. The van der Waals surface area contributed by atoms with Crippen LogP contribution >= 0.6 is 0 Å². The standard InChI is InChI=1S/C14H13N3O3S/c15-12(10-5-2-1-3-6-10)9-17-14(18)11-7-4-8-16-13(11)21(17,19)20/h1-8,12H,9,15H2. The number of carbonyl (C=O) groups is 1. The molecule has 21 heavy (non-hydrogen) atoms. The first-order valence-electron chi connectivity index (χ1n) is 6.34. The van der Waals surface area contributed by atoms with Crippen LogP contribution in [0, 0.1) is 0 Å². The Kier molecular flexibility index (Phi) is 3.23. The van der Waals surface area contributed by atoms with Crippen LogP contribution in [0.3, 0.4) is 0 Å². The lowest BCUT2D eigenvalue weighted by Gasteiger charge is -2.19. The molecule has 2 heterocycles. The average Bonchev–Trinajstić information content (AvgIpc) is 2.70. The van der Waals surface area contributed by atoms with Crippen molar-refractivity contribution in [2.24, 2.45) is 5.73 Å². The van der Waals surface area contributed by atoms with Crippen LogP contribution in [0.15, 0.2) is 53.7 Å². The molecule has 1 aliphatic heterocycles. The largest absolute Gasteiger partial charge is 0.322 e. The topological polar surface area (TPSA) is 93.4 Å². The van der Waals surface area contributed by atoms with E-state index in [1.54, 1.807) is 12.1 Å². The van der Waals surface area contributed by atoms with E-state index in [1.807, 2.05) is 18.2 Å². The number of nitrogens with two attached hydrogens (primary N) is 1. The fourth-order valence-electron chi connectivity index (χ4n) is 2.27. The second kappa shape index (κ2) is 4.94. The molecule has 7 heteroatoms. The van der Waals surface area contributed by atoms with Crippen molar-refractivity contribution in [3.05, 3.63) is 59.8 Å². The fourth-order valence-corrected chi connectivity index (χ4v) is 3.78. The van der Waals surface area contributed by atoms with Crippen molar-refractivity contribution in [2.75, 3.05) is 6.54 Å². The van der Waals surface area contributed by atoms with Gasteiger partial charge in [0.25, 0.3) is 15.9 Å². The van der Waals surface area contributed by atoms with Gasteiger partial charge in [0, 0.05) is 12.2 Å². The lowest BCUT2D eigenvalue weighted by Crippen LogP contribution is -2.36. The Bertz CT molecular complexity index is 790. The van der Waals surface area contributed by atoms with E-state index in [4.69, 9.17) is 5.73 Å². The van der Waals surface area contributed by atoms with Crippen molar-refractivity contribution in [1.82, 2.24) is 9.29 Å². The number of amides is 1. The Morgan fingerprint density at radius 3 is 2.52 bits per heavy atom. The minimum atomic E-state index is -3.91. The molecule has 0 aliphatic carbocycles. The van der Waals surface area contributed by atoms with Crippen molar-refractivity contribution in [3.8, 4) is 0 Å². The number of hydrogen-bond donors (Lipinski definition) is 1. The summed E-state index contributed by atoms with van der Waals surface area (Å²) in [4.78, 5) is 16.0. The predicted molar refractivity (Wildman–Crippen MR) is 75.8 cm³/mol. The van der Waals surface area contributed by atoms with Gasteiger partial charge in [0.05, 0.1) is 12.1 Å². The zero-order chi connectivity index (χ0) is 15.0. The number of benzene rings is 1. The predicted octanol–water partition coefficient (Wildman–Crippen LogP) is 0.926. The molecule has 2 N–H and O–H groups in total. The molecule has 1 amide bonds. The summed E-state index contributed by atoms with van der Waals surface area (Å²) in [6.07, 6.45) is 1.35. The molecule has 0 fully saturated rings. The maximum atomic E-state index is 12.3. The van der Waals surface area contributed by atoms with Crippen molar-refractivity contribution >= 4 is 15.9 Å². The second-order valence-electron chi connectivity index (χ2n) is 4.71. The van der Waals surface area contributed by atoms with E-state index in [2.05, 4.69) is 4.98 Å². The number of nitrogens with zero attached hydrogens (tertiary/aromatic N) is 2. The van der Waals surface area contributed by atoms with Gasteiger partial charge < -0.3 is 5.73 Å². The van der Waals surface area contributed by atoms with Crippen LogP contribution < -0.4 is 5.73 Å². The molecule has 0 saturated carbocycles.